The van der Waals surface area contributed by atoms with Gasteiger partial charge in [-0.15, -0.1) is 0 Å². The Labute approximate surface area is 99.4 Å². The van der Waals surface area contributed by atoms with Crippen LogP contribution in [0.3, 0.4) is 0 Å². The molecule has 1 aliphatic carbocycles. The lowest BCUT2D eigenvalue weighted by Crippen LogP contribution is -2.47. The molecule has 1 saturated carbocycles. The number of hydrogen-bond donors (Lipinski definition) is 1. The van der Waals surface area contributed by atoms with Crippen molar-refractivity contribution in [3.63, 3.8) is 0 Å². The molecule has 0 amide bonds. The molecule has 1 aliphatic heterocycles. The molecule has 0 unspecified atom stereocenters. The van der Waals surface area contributed by atoms with Crippen molar-refractivity contribution in [2.45, 2.75) is 18.9 Å². The molecule has 3 rings (SSSR count). The summed E-state index contributed by atoms with van der Waals surface area (Å²) >= 11 is 0. The number of nitrogen functional groups attached to an aromatic ring is 1. The zero-order valence-electron chi connectivity index (χ0n) is 9.64. The van der Waals surface area contributed by atoms with Gasteiger partial charge in [-0.05, 0) is 12.8 Å². The smallest absolute Gasteiger partial charge is 0.222 e. The maximum Gasteiger partial charge on any atom is 0.222 e. The van der Waals surface area contributed by atoms with Crippen molar-refractivity contribution in [2.24, 2.45) is 0 Å². The van der Waals surface area contributed by atoms with Crippen molar-refractivity contribution in [3.8, 4) is 0 Å². The van der Waals surface area contributed by atoms with Crippen LogP contribution in [0.2, 0.25) is 0 Å². The number of piperazine rings is 1. The highest BCUT2D eigenvalue weighted by Gasteiger charge is 2.31. The van der Waals surface area contributed by atoms with E-state index in [2.05, 4.69) is 14.9 Å². The van der Waals surface area contributed by atoms with Gasteiger partial charge in [0.15, 0.2) is 11.6 Å². The second-order valence-corrected chi connectivity index (χ2v) is 4.65. The van der Waals surface area contributed by atoms with Gasteiger partial charge in [0.2, 0.25) is 5.95 Å². The van der Waals surface area contributed by atoms with Crippen LogP contribution >= 0.6 is 0 Å². The fourth-order valence-electron chi connectivity index (χ4n) is 2.33. The average Bonchev–Trinajstić information content (AvgIpc) is 3.17. The molecule has 1 saturated heterocycles. The summed E-state index contributed by atoms with van der Waals surface area (Å²) in [6.45, 7) is 3.58. The van der Waals surface area contributed by atoms with Crippen molar-refractivity contribution < 1.29 is 4.39 Å². The van der Waals surface area contributed by atoms with Crippen molar-refractivity contribution >= 4 is 11.8 Å². The Bertz CT molecular complexity index is 412. The Balaban J connectivity index is 1.70. The van der Waals surface area contributed by atoms with Gasteiger partial charge >= 0.3 is 0 Å². The third kappa shape index (κ3) is 2.17. The number of hydrogen-bond acceptors (Lipinski definition) is 5. The molecule has 0 spiro atoms. The first-order valence-electron chi connectivity index (χ1n) is 6.01. The van der Waals surface area contributed by atoms with Crippen LogP contribution in [-0.2, 0) is 0 Å². The Morgan fingerprint density at radius 1 is 1.24 bits per heavy atom. The van der Waals surface area contributed by atoms with Gasteiger partial charge in [-0.1, -0.05) is 0 Å². The maximum atomic E-state index is 13.6. The highest BCUT2D eigenvalue weighted by atomic mass is 19.1. The molecule has 5 nitrogen and oxygen atoms in total. The molecule has 2 N–H and O–H groups in total. The van der Waals surface area contributed by atoms with Gasteiger partial charge < -0.3 is 10.6 Å². The predicted octanol–water partition coefficient (Wildman–Crippen LogP) is 0.482. The normalized spacial score (nSPS) is 21.8. The highest BCUT2D eigenvalue weighted by molar-refractivity contribution is 5.43. The molecule has 2 heterocycles. The number of anilines is 2. The van der Waals surface area contributed by atoms with Gasteiger partial charge in [-0.25, -0.2) is 9.37 Å². The molecule has 0 aromatic carbocycles. The minimum Gasteiger partial charge on any atom is -0.368 e. The third-order valence-electron chi connectivity index (χ3n) is 3.42. The zero-order valence-corrected chi connectivity index (χ0v) is 9.64. The second-order valence-electron chi connectivity index (χ2n) is 4.65. The number of halogens is 1. The van der Waals surface area contributed by atoms with E-state index in [1.165, 1.54) is 12.8 Å². The number of aromatic nitrogens is 2. The summed E-state index contributed by atoms with van der Waals surface area (Å²) in [5.74, 6) is 0.0815. The molecule has 1 aromatic heterocycles. The lowest BCUT2D eigenvalue weighted by molar-refractivity contribution is 0.247. The number of nitrogens with zero attached hydrogens (tertiary/aromatic N) is 4. The summed E-state index contributed by atoms with van der Waals surface area (Å²) in [6, 6.07) is 0.775. The van der Waals surface area contributed by atoms with E-state index in [0.717, 1.165) is 38.4 Å². The van der Waals surface area contributed by atoms with E-state index in [9.17, 15) is 4.39 Å². The fourth-order valence-corrected chi connectivity index (χ4v) is 2.33. The van der Waals surface area contributed by atoms with Crippen LogP contribution in [0.15, 0.2) is 6.20 Å². The molecular weight excluding hydrogens is 221 g/mol. The van der Waals surface area contributed by atoms with Gasteiger partial charge in [0, 0.05) is 32.2 Å². The summed E-state index contributed by atoms with van der Waals surface area (Å²) in [4.78, 5) is 12.0. The average molecular weight is 237 g/mol. The van der Waals surface area contributed by atoms with Crippen LogP contribution in [0.5, 0.6) is 0 Å². The first-order valence-corrected chi connectivity index (χ1v) is 6.01. The van der Waals surface area contributed by atoms with Crippen molar-refractivity contribution in [1.29, 1.82) is 0 Å². The van der Waals surface area contributed by atoms with Crippen LogP contribution in [-0.4, -0.2) is 47.1 Å². The monoisotopic (exact) mass is 237 g/mol. The molecule has 0 radical (unpaired) electrons. The summed E-state index contributed by atoms with van der Waals surface area (Å²) in [5.41, 5.74) is 5.49. The molecule has 6 heteroatoms. The lowest BCUT2D eigenvalue weighted by Gasteiger charge is -2.35. The van der Waals surface area contributed by atoms with Gasteiger partial charge in [-0.3, -0.25) is 4.90 Å². The van der Waals surface area contributed by atoms with Crippen LogP contribution in [0.25, 0.3) is 0 Å². The molecular formula is C11H16FN5. The van der Waals surface area contributed by atoms with Crippen LogP contribution in [0, 0.1) is 5.82 Å². The molecule has 0 bridgehead atoms. The van der Waals surface area contributed by atoms with E-state index in [4.69, 9.17) is 5.73 Å². The van der Waals surface area contributed by atoms with Crippen LogP contribution in [0.1, 0.15) is 12.8 Å². The molecule has 2 fully saturated rings. The van der Waals surface area contributed by atoms with E-state index in [0.29, 0.717) is 5.82 Å². The topological polar surface area (TPSA) is 58.3 Å². The summed E-state index contributed by atoms with van der Waals surface area (Å²) in [7, 11) is 0. The van der Waals surface area contributed by atoms with E-state index in [-0.39, 0.29) is 11.8 Å². The van der Waals surface area contributed by atoms with E-state index in [1.807, 2.05) is 4.90 Å². The standard InChI is InChI=1S/C11H16FN5/c12-9-7-14-11(13)15-10(9)17-5-3-16(4-6-17)8-1-2-8/h7-8H,1-6H2,(H2,13,14,15). The number of rotatable bonds is 2. The molecule has 1 aromatic rings. The van der Waals surface area contributed by atoms with Crippen molar-refractivity contribution in [1.82, 2.24) is 14.9 Å². The summed E-state index contributed by atoms with van der Waals surface area (Å²) < 4.78 is 13.6. The van der Waals surface area contributed by atoms with E-state index < -0.39 is 0 Å². The van der Waals surface area contributed by atoms with Gasteiger partial charge in [0.05, 0.1) is 6.20 Å². The Morgan fingerprint density at radius 2 is 1.94 bits per heavy atom. The first kappa shape index (κ1) is 10.7. The highest BCUT2D eigenvalue weighted by Crippen LogP contribution is 2.28. The largest absolute Gasteiger partial charge is 0.368 e. The number of nitrogens with two attached hydrogens (primary N) is 1. The lowest BCUT2D eigenvalue weighted by atomic mass is 10.3. The SMILES string of the molecule is Nc1ncc(F)c(N2CCN(C3CC3)CC2)n1. The van der Waals surface area contributed by atoms with Gasteiger partial charge in [0.25, 0.3) is 0 Å². The van der Waals surface area contributed by atoms with Gasteiger partial charge in [0.1, 0.15) is 0 Å². The molecule has 2 aliphatic rings. The fraction of sp³-hybridized carbons (Fsp3) is 0.636. The van der Waals surface area contributed by atoms with Crippen molar-refractivity contribution in [2.75, 3.05) is 36.8 Å². The molecule has 0 atom stereocenters. The zero-order chi connectivity index (χ0) is 11.8. The van der Waals surface area contributed by atoms with Crippen molar-refractivity contribution in [3.05, 3.63) is 12.0 Å². The minimum atomic E-state index is -0.390. The minimum absolute atomic E-state index is 0.131. The Morgan fingerprint density at radius 3 is 2.59 bits per heavy atom. The quantitative estimate of drug-likeness (QED) is 0.811. The third-order valence-corrected chi connectivity index (χ3v) is 3.42. The molecule has 17 heavy (non-hydrogen) atoms. The Hall–Kier alpha value is -1.43. The second kappa shape index (κ2) is 4.10. The predicted molar refractivity (Wildman–Crippen MR) is 63.2 cm³/mol. The van der Waals surface area contributed by atoms with Gasteiger partial charge in [-0.2, -0.15) is 4.98 Å². The first-order chi connectivity index (χ1) is 8.24. The van der Waals surface area contributed by atoms with E-state index in [1.54, 1.807) is 0 Å². The molecule has 92 valence electrons. The van der Waals surface area contributed by atoms with E-state index >= 15 is 0 Å². The Kier molecular flexibility index (Phi) is 2.58. The maximum absolute atomic E-state index is 13.6. The summed E-state index contributed by atoms with van der Waals surface area (Å²) in [5, 5.41) is 0. The summed E-state index contributed by atoms with van der Waals surface area (Å²) in [6.07, 6.45) is 3.77. The van der Waals surface area contributed by atoms with Crippen LogP contribution < -0.4 is 10.6 Å². The van der Waals surface area contributed by atoms with Crippen LogP contribution in [0.4, 0.5) is 16.2 Å².